The fourth-order valence-corrected chi connectivity index (χ4v) is 2.05. The smallest absolute Gasteiger partial charge is 0.387 e. The fraction of sp³-hybridized carbons (Fsp3) is 0.385. The molecule has 0 amide bonds. The zero-order valence-corrected chi connectivity index (χ0v) is 11.9. The highest BCUT2D eigenvalue weighted by molar-refractivity contribution is 6.29. The van der Waals surface area contributed by atoms with Crippen LogP contribution in [0.25, 0.3) is 11.3 Å². The minimum Gasteiger partial charge on any atom is -0.434 e. The van der Waals surface area contributed by atoms with Gasteiger partial charge in [0, 0.05) is 18.8 Å². The van der Waals surface area contributed by atoms with E-state index in [-0.39, 0.29) is 10.9 Å². The average Bonchev–Trinajstić information content (AvgIpc) is 2.81. The van der Waals surface area contributed by atoms with Crippen LogP contribution in [-0.4, -0.2) is 21.4 Å². The number of hydrogen-bond donors (Lipinski definition) is 0. The highest BCUT2D eigenvalue weighted by Crippen LogP contribution is 2.32. The topological polar surface area (TPSA) is 39.9 Å². The second-order valence-corrected chi connectivity index (χ2v) is 4.46. The Morgan fingerprint density at radius 3 is 2.70 bits per heavy atom. The maximum absolute atomic E-state index is 12.5. The predicted molar refractivity (Wildman–Crippen MR) is 72.2 cm³/mol. The summed E-state index contributed by atoms with van der Waals surface area (Å²) < 4.78 is 31.2. The maximum Gasteiger partial charge on any atom is 0.387 e. The van der Waals surface area contributed by atoms with Gasteiger partial charge in [-0.05, 0) is 19.4 Å². The zero-order chi connectivity index (χ0) is 14.7. The second-order valence-electron chi connectivity index (χ2n) is 4.07. The summed E-state index contributed by atoms with van der Waals surface area (Å²) in [6.45, 7) is 1.60. The molecule has 2 aromatic heterocycles. The third-order valence-electron chi connectivity index (χ3n) is 2.82. The van der Waals surface area contributed by atoms with Crippen LogP contribution in [-0.2, 0) is 13.0 Å². The van der Waals surface area contributed by atoms with E-state index in [1.54, 1.807) is 4.68 Å². The molecule has 7 heteroatoms. The Hall–Kier alpha value is -1.69. The van der Waals surface area contributed by atoms with Crippen molar-refractivity contribution in [1.82, 2.24) is 14.8 Å². The van der Waals surface area contributed by atoms with Gasteiger partial charge < -0.3 is 4.74 Å². The molecule has 0 saturated carbocycles. The molecular formula is C13H14ClF2N3O. The number of aromatic nitrogens is 3. The number of aryl methyl sites for hydroxylation is 2. The lowest BCUT2D eigenvalue weighted by Gasteiger charge is -2.11. The molecular weight excluding hydrogens is 288 g/mol. The van der Waals surface area contributed by atoms with E-state index in [2.05, 4.69) is 14.8 Å². The van der Waals surface area contributed by atoms with Gasteiger partial charge in [0.15, 0.2) is 0 Å². The molecule has 20 heavy (non-hydrogen) atoms. The van der Waals surface area contributed by atoms with Crippen molar-refractivity contribution in [1.29, 1.82) is 0 Å². The summed E-state index contributed by atoms with van der Waals surface area (Å²) in [6.07, 6.45) is 2.18. The molecule has 0 unspecified atom stereocenters. The van der Waals surface area contributed by atoms with Crippen LogP contribution in [0.15, 0.2) is 18.3 Å². The molecule has 0 radical (unpaired) electrons. The van der Waals surface area contributed by atoms with E-state index in [0.717, 1.165) is 12.1 Å². The molecule has 108 valence electrons. The molecule has 4 nitrogen and oxygen atoms in total. The molecule has 0 aliphatic carbocycles. The lowest BCUT2D eigenvalue weighted by Crippen LogP contribution is -2.06. The first kappa shape index (κ1) is 14.7. The summed E-state index contributed by atoms with van der Waals surface area (Å²) in [5.41, 5.74) is 2.01. The molecule has 2 aromatic rings. The Balaban J connectivity index is 2.53. The molecule has 2 heterocycles. The Labute approximate surface area is 120 Å². The van der Waals surface area contributed by atoms with Crippen LogP contribution in [0.3, 0.4) is 0 Å². The van der Waals surface area contributed by atoms with E-state index in [4.69, 9.17) is 11.6 Å². The van der Waals surface area contributed by atoms with Crippen LogP contribution in [0.1, 0.15) is 19.5 Å². The van der Waals surface area contributed by atoms with Crippen LogP contribution >= 0.6 is 11.6 Å². The number of pyridine rings is 1. The Bertz CT molecular complexity index is 601. The van der Waals surface area contributed by atoms with E-state index < -0.39 is 6.61 Å². The SMILES string of the molecule is CCc1cc(-c2cnc(Cl)cc2OC(F)F)n(CC)n1. The molecule has 0 aliphatic rings. The standard InChI is InChI=1S/C13H14ClF2N3O/c1-3-8-5-10(19(4-2)18-8)9-7-17-12(14)6-11(9)20-13(15)16/h5-7,13H,3-4H2,1-2H3. The van der Waals surface area contributed by atoms with Gasteiger partial charge in [-0.15, -0.1) is 0 Å². The van der Waals surface area contributed by atoms with Crippen LogP contribution in [0.5, 0.6) is 5.75 Å². The summed E-state index contributed by atoms with van der Waals surface area (Å²) in [4.78, 5) is 3.93. The van der Waals surface area contributed by atoms with Crippen molar-refractivity contribution in [2.75, 3.05) is 0 Å². The third kappa shape index (κ3) is 3.07. The molecule has 0 saturated heterocycles. The average molecular weight is 302 g/mol. The van der Waals surface area contributed by atoms with Gasteiger partial charge in [-0.3, -0.25) is 4.68 Å². The van der Waals surface area contributed by atoms with E-state index in [0.29, 0.717) is 17.8 Å². The van der Waals surface area contributed by atoms with Crippen molar-refractivity contribution in [3.05, 3.63) is 29.2 Å². The monoisotopic (exact) mass is 301 g/mol. The van der Waals surface area contributed by atoms with Crippen molar-refractivity contribution >= 4 is 11.6 Å². The zero-order valence-electron chi connectivity index (χ0n) is 11.1. The largest absolute Gasteiger partial charge is 0.434 e. The minimum absolute atomic E-state index is 0.00254. The summed E-state index contributed by atoms with van der Waals surface area (Å²) >= 11 is 5.74. The number of ether oxygens (including phenoxy) is 1. The van der Waals surface area contributed by atoms with Crippen LogP contribution in [0, 0.1) is 0 Å². The first-order chi connectivity index (χ1) is 9.55. The Morgan fingerprint density at radius 2 is 2.10 bits per heavy atom. The van der Waals surface area contributed by atoms with Gasteiger partial charge in [0.25, 0.3) is 0 Å². The van der Waals surface area contributed by atoms with Gasteiger partial charge in [0.05, 0.1) is 17.0 Å². The molecule has 0 spiro atoms. The van der Waals surface area contributed by atoms with Crippen LogP contribution in [0.2, 0.25) is 5.15 Å². The van der Waals surface area contributed by atoms with Crippen molar-refractivity contribution in [2.45, 2.75) is 33.4 Å². The number of rotatable bonds is 5. The van der Waals surface area contributed by atoms with Crippen molar-refractivity contribution in [3.8, 4) is 17.0 Å². The molecule has 2 rings (SSSR count). The number of halogens is 3. The van der Waals surface area contributed by atoms with E-state index in [9.17, 15) is 8.78 Å². The number of nitrogens with zero attached hydrogens (tertiary/aromatic N) is 3. The van der Waals surface area contributed by atoms with Crippen molar-refractivity contribution in [2.24, 2.45) is 0 Å². The highest BCUT2D eigenvalue weighted by atomic mass is 35.5. The van der Waals surface area contributed by atoms with Gasteiger partial charge in [-0.25, -0.2) is 4.98 Å². The van der Waals surface area contributed by atoms with Gasteiger partial charge >= 0.3 is 6.61 Å². The predicted octanol–water partition coefficient (Wildman–Crippen LogP) is 3.78. The fourth-order valence-electron chi connectivity index (χ4n) is 1.90. The summed E-state index contributed by atoms with van der Waals surface area (Å²) in [5, 5.41) is 4.48. The third-order valence-corrected chi connectivity index (χ3v) is 3.02. The minimum atomic E-state index is -2.92. The van der Waals surface area contributed by atoms with Gasteiger partial charge in [-0.2, -0.15) is 13.9 Å². The van der Waals surface area contributed by atoms with Crippen LogP contribution in [0.4, 0.5) is 8.78 Å². The molecule has 0 aliphatic heterocycles. The quantitative estimate of drug-likeness (QED) is 0.789. The van der Waals surface area contributed by atoms with Crippen molar-refractivity contribution in [3.63, 3.8) is 0 Å². The van der Waals surface area contributed by atoms with E-state index in [1.165, 1.54) is 12.3 Å². The molecule has 0 N–H and O–H groups in total. The number of alkyl halides is 2. The van der Waals surface area contributed by atoms with Gasteiger partial charge in [0.2, 0.25) is 0 Å². The summed E-state index contributed by atoms with van der Waals surface area (Å²) in [6, 6.07) is 3.12. The van der Waals surface area contributed by atoms with Gasteiger partial charge in [-0.1, -0.05) is 18.5 Å². The first-order valence-electron chi connectivity index (χ1n) is 6.22. The normalized spacial score (nSPS) is 11.1. The molecule has 0 atom stereocenters. The first-order valence-corrected chi connectivity index (χ1v) is 6.60. The lowest BCUT2D eigenvalue weighted by atomic mass is 10.1. The Morgan fingerprint density at radius 1 is 1.35 bits per heavy atom. The maximum atomic E-state index is 12.5. The van der Waals surface area contributed by atoms with Gasteiger partial charge in [0.1, 0.15) is 10.9 Å². The van der Waals surface area contributed by atoms with Crippen molar-refractivity contribution < 1.29 is 13.5 Å². The van der Waals surface area contributed by atoms with Crippen LogP contribution < -0.4 is 4.74 Å². The summed E-state index contributed by atoms with van der Waals surface area (Å²) in [5.74, 6) is -0.00254. The summed E-state index contributed by atoms with van der Waals surface area (Å²) in [7, 11) is 0. The second kappa shape index (κ2) is 6.17. The van der Waals surface area contributed by atoms with E-state index in [1.807, 2.05) is 19.9 Å². The number of hydrogen-bond acceptors (Lipinski definition) is 3. The molecule has 0 fully saturated rings. The molecule has 0 aromatic carbocycles. The molecule has 0 bridgehead atoms. The highest BCUT2D eigenvalue weighted by Gasteiger charge is 2.17. The Kier molecular flexibility index (Phi) is 4.54. The lowest BCUT2D eigenvalue weighted by molar-refractivity contribution is -0.0495. The van der Waals surface area contributed by atoms with E-state index >= 15 is 0 Å².